The molecule has 2 amide bonds. The number of piperazine rings is 1. The Labute approximate surface area is 297 Å². The second kappa shape index (κ2) is 15.6. The van der Waals surface area contributed by atoms with Gasteiger partial charge in [-0.05, 0) is 71.0 Å². The van der Waals surface area contributed by atoms with Crippen molar-refractivity contribution >= 4 is 51.7 Å². The van der Waals surface area contributed by atoms with E-state index in [2.05, 4.69) is 41.4 Å². The number of rotatable bonds is 10. The van der Waals surface area contributed by atoms with Crippen LogP contribution in [-0.2, 0) is 17.6 Å². The lowest BCUT2D eigenvalue weighted by Gasteiger charge is -2.47. The molecule has 5 aromatic rings. The number of hydrogen-bond acceptors (Lipinski definition) is 3. The summed E-state index contributed by atoms with van der Waals surface area (Å²) in [5, 5.41) is 3.29. The molecule has 0 spiro atoms. The Bertz CT molecular complexity index is 1980. The van der Waals surface area contributed by atoms with Gasteiger partial charge in [-0.15, -0.1) is 0 Å². The highest BCUT2D eigenvalue weighted by atomic mass is 35.5. The number of carbonyl (C=O) groups excluding carboxylic acids is 2. The second-order valence-electron chi connectivity index (χ2n) is 12.5. The Hall–Kier alpha value is -4.85. The van der Waals surface area contributed by atoms with Crippen LogP contribution in [0.25, 0.3) is 21.9 Å². The number of carbonyl (C=O) groups is 2. The van der Waals surface area contributed by atoms with E-state index in [1.807, 2.05) is 76.5 Å². The van der Waals surface area contributed by atoms with Gasteiger partial charge in [0.15, 0.2) is 5.96 Å². The van der Waals surface area contributed by atoms with Gasteiger partial charge in [0.1, 0.15) is 0 Å². The molecule has 0 aliphatic carbocycles. The van der Waals surface area contributed by atoms with Gasteiger partial charge >= 0.3 is 0 Å². The first-order valence-corrected chi connectivity index (χ1v) is 17.2. The van der Waals surface area contributed by atoms with E-state index in [0.717, 1.165) is 33.0 Å². The number of halogens is 2. The quantitative estimate of drug-likeness (QED) is 0.0906. The molecule has 5 aromatic carbocycles. The third-order valence-corrected chi connectivity index (χ3v) is 9.65. The fourth-order valence-corrected chi connectivity index (χ4v) is 7.20. The van der Waals surface area contributed by atoms with Crippen molar-refractivity contribution in [3.05, 3.63) is 142 Å². The van der Waals surface area contributed by atoms with Crippen molar-refractivity contribution < 1.29 is 9.59 Å². The van der Waals surface area contributed by atoms with E-state index in [4.69, 9.17) is 34.7 Å². The van der Waals surface area contributed by atoms with Crippen molar-refractivity contribution in [1.82, 2.24) is 9.80 Å². The topological polar surface area (TPSA) is 105 Å². The molecule has 49 heavy (non-hydrogen) atoms. The molecule has 0 aromatic heterocycles. The highest BCUT2D eigenvalue weighted by molar-refractivity contribution is 6.36. The molecular formula is C40H39Cl2N5O2. The number of benzene rings is 5. The Balaban J connectivity index is 1.31. The molecule has 1 aliphatic heterocycles. The van der Waals surface area contributed by atoms with Crippen LogP contribution in [0.4, 0.5) is 0 Å². The number of hydrogen-bond donors (Lipinski definition) is 2. The zero-order valence-electron chi connectivity index (χ0n) is 27.1. The van der Waals surface area contributed by atoms with Crippen molar-refractivity contribution in [1.29, 1.82) is 0 Å². The predicted octanol–water partition coefficient (Wildman–Crippen LogP) is 7.37. The van der Waals surface area contributed by atoms with Gasteiger partial charge in [0, 0.05) is 46.8 Å². The summed E-state index contributed by atoms with van der Waals surface area (Å²) in [5.74, 6) is -0.0280. The van der Waals surface area contributed by atoms with E-state index in [1.54, 1.807) is 12.1 Å². The van der Waals surface area contributed by atoms with Crippen LogP contribution in [0.2, 0.25) is 10.0 Å². The minimum Gasteiger partial charge on any atom is -0.370 e. The Morgan fingerprint density at radius 2 is 1.49 bits per heavy atom. The third kappa shape index (κ3) is 8.42. The molecular weight excluding hydrogens is 653 g/mol. The molecule has 1 saturated heterocycles. The van der Waals surface area contributed by atoms with Crippen molar-refractivity contribution in [2.45, 2.75) is 37.8 Å². The fraction of sp³-hybridized carbons (Fsp3) is 0.225. The van der Waals surface area contributed by atoms with E-state index in [9.17, 15) is 9.59 Å². The first-order chi connectivity index (χ1) is 23.7. The summed E-state index contributed by atoms with van der Waals surface area (Å²) in [4.78, 5) is 36.8. The third-order valence-electron chi connectivity index (χ3n) is 9.10. The number of aliphatic imine (C=N–C) groups is 1. The maximum Gasteiger partial charge on any atom is 0.254 e. The molecule has 1 fully saturated rings. The van der Waals surface area contributed by atoms with Gasteiger partial charge < -0.3 is 21.3 Å². The summed E-state index contributed by atoms with van der Waals surface area (Å²) in [6, 6.07) is 36.8. The molecule has 7 nitrogen and oxygen atoms in total. The van der Waals surface area contributed by atoms with Crippen LogP contribution in [-0.4, -0.2) is 59.3 Å². The Kier molecular flexibility index (Phi) is 10.8. The summed E-state index contributed by atoms with van der Waals surface area (Å²) in [5.41, 5.74) is 15.4. The second-order valence-corrected chi connectivity index (χ2v) is 13.4. The average molecular weight is 693 g/mol. The van der Waals surface area contributed by atoms with Crippen LogP contribution < -0.4 is 11.5 Å². The number of fused-ring (bicyclic) bond motifs is 1. The summed E-state index contributed by atoms with van der Waals surface area (Å²) in [6.45, 7) is 1.22. The molecule has 2 atom stereocenters. The number of nitrogens with zero attached hydrogens (tertiary/aromatic N) is 3. The number of guanidine groups is 1. The first kappa shape index (κ1) is 34.0. The zero-order chi connectivity index (χ0) is 34.3. The van der Waals surface area contributed by atoms with Crippen molar-refractivity contribution in [3.63, 3.8) is 0 Å². The monoisotopic (exact) mass is 691 g/mol. The number of nitrogens with two attached hydrogens (primary N) is 2. The van der Waals surface area contributed by atoms with Crippen molar-refractivity contribution in [2.75, 3.05) is 19.6 Å². The molecule has 1 aliphatic rings. The van der Waals surface area contributed by atoms with Crippen LogP contribution in [0.15, 0.2) is 120 Å². The SMILES string of the molecule is NC(N)=NCCCC1CN(C(=O)Cc2ccc3ccccc3c2)C(Cc2ccccc2)CN1C(=O)c1cccc(-c2ccc(Cl)cc2Cl)c1. The largest absolute Gasteiger partial charge is 0.370 e. The van der Waals surface area contributed by atoms with E-state index < -0.39 is 0 Å². The van der Waals surface area contributed by atoms with Crippen LogP contribution >= 0.6 is 23.2 Å². The van der Waals surface area contributed by atoms with Gasteiger partial charge in [-0.1, -0.05) is 114 Å². The van der Waals surface area contributed by atoms with E-state index in [0.29, 0.717) is 54.5 Å². The lowest BCUT2D eigenvalue weighted by molar-refractivity contribution is -0.136. The van der Waals surface area contributed by atoms with Gasteiger partial charge in [0.2, 0.25) is 5.91 Å². The summed E-state index contributed by atoms with van der Waals surface area (Å²) in [6.07, 6.45) is 2.18. The van der Waals surface area contributed by atoms with Crippen LogP contribution in [0, 0.1) is 0 Å². The minimum absolute atomic E-state index is 0.0318. The molecule has 0 bridgehead atoms. The molecule has 0 radical (unpaired) electrons. The first-order valence-electron chi connectivity index (χ1n) is 16.5. The normalized spacial score (nSPS) is 16.0. The maximum absolute atomic E-state index is 14.5. The van der Waals surface area contributed by atoms with Gasteiger partial charge in [0.05, 0.1) is 12.5 Å². The molecule has 2 unspecified atom stereocenters. The van der Waals surface area contributed by atoms with Gasteiger partial charge in [0.25, 0.3) is 5.91 Å². The average Bonchev–Trinajstić information content (AvgIpc) is 3.10. The predicted molar refractivity (Wildman–Crippen MR) is 200 cm³/mol. The summed E-state index contributed by atoms with van der Waals surface area (Å²) < 4.78 is 0. The lowest BCUT2D eigenvalue weighted by Crippen LogP contribution is -2.62. The Morgan fingerprint density at radius 1 is 0.735 bits per heavy atom. The van der Waals surface area contributed by atoms with Crippen molar-refractivity contribution in [3.8, 4) is 11.1 Å². The summed E-state index contributed by atoms with van der Waals surface area (Å²) >= 11 is 12.7. The standard InChI is InChI=1S/C40H39Cl2N5O2/c41-33-17-18-36(37(42)24-33)31-12-6-13-32(23-31)39(49)47-26-35(21-27-8-2-1-3-9-27)46(25-34(47)14-7-19-45-40(43)44)38(48)22-28-15-16-29-10-4-5-11-30(29)20-28/h1-6,8-13,15-18,20,23-24,34-35H,7,14,19,21-22,25-26H2,(H4,43,44,45). The maximum atomic E-state index is 14.5. The van der Waals surface area contributed by atoms with Gasteiger partial charge in [-0.3, -0.25) is 14.6 Å². The molecule has 6 rings (SSSR count). The number of amides is 2. The van der Waals surface area contributed by atoms with Crippen LogP contribution in [0.1, 0.15) is 34.3 Å². The lowest BCUT2D eigenvalue weighted by atomic mass is 9.94. The molecule has 250 valence electrons. The smallest absolute Gasteiger partial charge is 0.254 e. The highest BCUT2D eigenvalue weighted by Crippen LogP contribution is 2.32. The van der Waals surface area contributed by atoms with Gasteiger partial charge in [-0.2, -0.15) is 0 Å². The van der Waals surface area contributed by atoms with E-state index in [1.165, 1.54) is 0 Å². The highest BCUT2D eigenvalue weighted by Gasteiger charge is 2.38. The van der Waals surface area contributed by atoms with Crippen LogP contribution in [0.5, 0.6) is 0 Å². The molecule has 0 saturated carbocycles. The molecule has 4 N–H and O–H groups in total. The van der Waals surface area contributed by atoms with E-state index in [-0.39, 0.29) is 36.3 Å². The van der Waals surface area contributed by atoms with Crippen molar-refractivity contribution in [2.24, 2.45) is 16.5 Å². The Morgan fingerprint density at radius 3 is 2.27 bits per heavy atom. The molecule has 1 heterocycles. The summed E-state index contributed by atoms with van der Waals surface area (Å²) in [7, 11) is 0. The van der Waals surface area contributed by atoms with Crippen LogP contribution in [0.3, 0.4) is 0 Å². The minimum atomic E-state index is -0.239. The zero-order valence-corrected chi connectivity index (χ0v) is 28.7. The van der Waals surface area contributed by atoms with E-state index >= 15 is 0 Å². The fourth-order valence-electron chi connectivity index (χ4n) is 6.68. The molecule has 9 heteroatoms. The van der Waals surface area contributed by atoms with Gasteiger partial charge in [-0.25, -0.2) is 0 Å².